The summed E-state index contributed by atoms with van der Waals surface area (Å²) in [6.07, 6.45) is 1.40. The van der Waals surface area contributed by atoms with Crippen molar-refractivity contribution < 1.29 is 19.2 Å². The number of nitrogens with zero attached hydrogens (tertiary/aromatic N) is 3. The molecule has 0 spiro atoms. The monoisotopic (exact) mass is 287 g/mol. The molecule has 21 heavy (non-hydrogen) atoms. The molecule has 3 rings (SSSR count). The van der Waals surface area contributed by atoms with Gasteiger partial charge in [0.15, 0.2) is 0 Å². The molecule has 0 radical (unpaired) electrons. The number of para-hydroxylation sites is 1. The number of carbonyl (C=O) groups is 1. The number of benzene rings is 1. The van der Waals surface area contributed by atoms with Crippen molar-refractivity contribution in [2.75, 3.05) is 0 Å². The number of hydrogen-bond donors (Lipinski definition) is 1. The highest BCUT2D eigenvalue weighted by Crippen LogP contribution is 2.26. The molecule has 2 heterocycles. The molecular formula is C13H9N3O5. The van der Waals surface area contributed by atoms with E-state index in [4.69, 9.17) is 4.42 Å². The van der Waals surface area contributed by atoms with Gasteiger partial charge in [-0.15, -0.1) is 0 Å². The first kappa shape index (κ1) is 12.9. The van der Waals surface area contributed by atoms with E-state index in [1.54, 1.807) is 24.3 Å². The number of nitro groups is 1. The summed E-state index contributed by atoms with van der Waals surface area (Å²) < 4.78 is 6.79. The maximum atomic E-state index is 11.4. The summed E-state index contributed by atoms with van der Waals surface area (Å²) in [5, 5.41) is 24.1. The van der Waals surface area contributed by atoms with E-state index in [0.717, 1.165) is 0 Å². The average Bonchev–Trinajstić information content (AvgIpc) is 3.02. The number of fused-ring (bicyclic) bond motifs is 1. The van der Waals surface area contributed by atoms with Crippen LogP contribution in [0.25, 0.3) is 11.0 Å². The van der Waals surface area contributed by atoms with Crippen LogP contribution < -0.4 is 0 Å². The Morgan fingerprint density at radius 3 is 2.81 bits per heavy atom. The van der Waals surface area contributed by atoms with Gasteiger partial charge in [-0.3, -0.25) is 0 Å². The zero-order valence-corrected chi connectivity index (χ0v) is 10.6. The molecule has 8 nitrogen and oxygen atoms in total. The minimum Gasteiger partial charge on any atom is -0.478 e. The molecule has 0 aliphatic carbocycles. The first-order valence-electron chi connectivity index (χ1n) is 5.98. The number of rotatable bonds is 4. The van der Waals surface area contributed by atoms with Gasteiger partial charge < -0.3 is 19.6 Å². The predicted octanol–water partition coefficient (Wildman–Crippen LogP) is 2.28. The Labute approximate surface area is 117 Å². The topological polar surface area (TPSA) is 111 Å². The molecule has 1 aromatic carbocycles. The van der Waals surface area contributed by atoms with Crippen molar-refractivity contribution in [3.63, 3.8) is 0 Å². The highest BCUT2D eigenvalue weighted by Gasteiger charge is 2.22. The van der Waals surface area contributed by atoms with Gasteiger partial charge in [-0.25, -0.2) is 4.79 Å². The average molecular weight is 287 g/mol. The number of carboxylic acid groups (broad SMARTS) is 1. The molecule has 0 amide bonds. The fourth-order valence-electron chi connectivity index (χ4n) is 2.13. The summed E-state index contributed by atoms with van der Waals surface area (Å²) in [5.74, 6) is -1.22. The van der Waals surface area contributed by atoms with Crippen LogP contribution in [0, 0.1) is 10.1 Å². The Hall–Kier alpha value is -3.16. The lowest BCUT2D eigenvalue weighted by Gasteiger charge is -1.96. The Morgan fingerprint density at radius 2 is 2.14 bits per heavy atom. The van der Waals surface area contributed by atoms with Crippen molar-refractivity contribution in [3.05, 3.63) is 58.0 Å². The zero-order valence-electron chi connectivity index (χ0n) is 10.6. The number of carboxylic acids is 1. The second kappa shape index (κ2) is 4.75. The number of aromatic carboxylic acids is 1. The second-order valence-corrected chi connectivity index (χ2v) is 4.33. The van der Waals surface area contributed by atoms with Gasteiger partial charge in [-0.05, 0) is 11.0 Å². The molecular weight excluding hydrogens is 278 g/mol. The summed E-state index contributed by atoms with van der Waals surface area (Å²) in [7, 11) is 0. The van der Waals surface area contributed by atoms with Gasteiger partial charge in [0.2, 0.25) is 0 Å². The van der Waals surface area contributed by atoms with E-state index in [0.29, 0.717) is 11.0 Å². The molecule has 0 aliphatic rings. The Morgan fingerprint density at radius 1 is 1.38 bits per heavy atom. The predicted molar refractivity (Wildman–Crippen MR) is 71.2 cm³/mol. The van der Waals surface area contributed by atoms with Crippen LogP contribution in [0.15, 0.2) is 40.9 Å². The molecule has 3 aromatic rings. The van der Waals surface area contributed by atoms with E-state index in [-0.39, 0.29) is 23.7 Å². The molecule has 0 saturated heterocycles. The lowest BCUT2D eigenvalue weighted by molar-refractivity contribution is -0.389. The van der Waals surface area contributed by atoms with Crippen molar-refractivity contribution in [3.8, 4) is 0 Å². The van der Waals surface area contributed by atoms with Gasteiger partial charge in [-0.2, -0.15) is 4.68 Å². The highest BCUT2D eigenvalue weighted by molar-refractivity contribution is 6.03. The molecule has 0 saturated carbocycles. The van der Waals surface area contributed by atoms with Crippen molar-refractivity contribution in [1.82, 2.24) is 9.78 Å². The standard InChI is InChI=1S/C13H9N3O5/c17-13(18)12-8-3-1-2-4-9(8)21-10(12)7-15-6-5-11(14-15)16(19)20/h1-6H,7H2,(H,17,18). The van der Waals surface area contributed by atoms with Crippen molar-refractivity contribution in [1.29, 1.82) is 0 Å². The van der Waals surface area contributed by atoms with Crippen LogP contribution in [0.3, 0.4) is 0 Å². The third kappa shape index (κ3) is 2.22. The van der Waals surface area contributed by atoms with Crippen LogP contribution in [-0.2, 0) is 6.54 Å². The smallest absolute Gasteiger partial charge is 0.389 e. The van der Waals surface area contributed by atoms with Gasteiger partial charge in [-0.1, -0.05) is 18.2 Å². The van der Waals surface area contributed by atoms with Crippen LogP contribution in [0.5, 0.6) is 0 Å². The summed E-state index contributed by atoms with van der Waals surface area (Å²) in [6, 6.07) is 8.00. The van der Waals surface area contributed by atoms with E-state index in [9.17, 15) is 20.0 Å². The largest absolute Gasteiger partial charge is 0.478 e. The van der Waals surface area contributed by atoms with Crippen LogP contribution in [-0.4, -0.2) is 25.8 Å². The SMILES string of the molecule is O=C(O)c1c(Cn2ccc([N+](=O)[O-])n2)oc2ccccc12. The number of furan rings is 1. The fraction of sp³-hybridized carbons (Fsp3) is 0.0769. The number of hydrogen-bond acceptors (Lipinski definition) is 5. The first-order valence-corrected chi connectivity index (χ1v) is 5.98. The lowest BCUT2D eigenvalue weighted by Crippen LogP contribution is -2.06. The fourth-order valence-corrected chi connectivity index (χ4v) is 2.13. The maximum Gasteiger partial charge on any atom is 0.389 e. The Bertz CT molecular complexity index is 848. The van der Waals surface area contributed by atoms with Crippen molar-refractivity contribution >= 4 is 22.8 Å². The minimum absolute atomic E-state index is 0.00412. The van der Waals surface area contributed by atoms with E-state index < -0.39 is 10.9 Å². The maximum absolute atomic E-state index is 11.4. The van der Waals surface area contributed by atoms with Crippen LogP contribution >= 0.6 is 0 Å². The van der Waals surface area contributed by atoms with Crippen LogP contribution in [0.2, 0.25) is 0 Å². The molecule has 2 aromatic heterocycles. The molecule has 0 unspecified atom stereocenters. The van der Waals surface area contributed by atoms with Gasteiger partial charge in [0.1, 0.15) is 23.5 Å². The molecule has 0 fully saturated rings. The van der Waals surface area contributed by atoms with Gasteiger partial charge >= 0.3 is 11.8 Å². The molecule has 0 aliphatic heterocycles. The molecule has 106 valence electrons. The highest BCUT2D eigenvalue weighted by atomic mass is 16.6. The van der Waals surface area contributed by atoms with Crippen molar-refractivity contribution in [2.24, 2.45) is 0 Å². The third-order valence-corrected chi connectivity index (χ3v) is 3.00. The van der Waals surface area contributed by atoms with Crippen LogP contribution in [0.1, 0.15) is 16.1 Å². The molecule has 0 bridgehead atoms. The molecule has 1 N–H and O–H groups in total. The third-order valence-electron chi connectivity index (χ3n) is 3.00. The normalized spacial score (nSPS) is 10.9. The summed E-state index contributed by atoms with van der Waals surface area (Å²) in [6.45, 7) is 0.00412. The van der Waals surface area contributed by atoms with E-state index in [1.807, 2.05) is 0 Å². The quantitative estimate of drug-likeness (QED) is 0.582. The van der Waals surface area contributed by atoms with Gasteiger partial charge in [0.05, 0.1) is 17.4 Å². The summed E-state index contributed by atoms with van der Waals surface area (Å²) in [4.78, 5) is 21.4. The minimum atomic E-state index is -1.11. The van der Waals surface area contributed by atoms with Crippen molar-refractivity contribution in [2.45, 2.75) is 6.54 Å². The van der Waals surface area contributed by atoms with E-state index >= 15 is 0 Å². The Kier molecular flexibility index (Phi) is 2.90. The molecule has 0 atom stereocenters. The lowest BCUT2D eigenvalue weighted by atomic mass is 10.1. The number of aromatic nitrogens is 2. The summed E-state index contributed by atoms with van der Waals surface area (Å²) >= 11 is 0. The Balaban J connectivity index is 2.05. The van der Waals surface area contributed by atoms with Gasteiger partial charge in [0, 0.05) is 5.39 Å². The first-order chi connectivity index (χ1) is 10.1. The molecule has 8 heteroatoms. The van der Waals surface area contributed by atoms with E-state index in [1.165, 1.54) is 16.9 Å². The second-order valence-electron chi connectivity index (χ2n) is 4.33. The van der Waals surface area contributed by atoms with Crippen LogP contribution in [0.4, 0.5) is 5.82 Å². The van der Waals surface area contributed by atoms with E-state index in [2.05, 4.69) is 5.10 Å². The summed E-state index contributed by atoms with van der Waals surface area (Å²) in [5.41, 5.74) is 0.496. The van der Waals surface area contributed by atoms with Gasteiger partial charge in [0.25, 0.3) is 0 Å². The zero-order chi connectivity index (χ0) is 15.0.